The van der Waals surface area contributed by atoms with Crippen molar-refractivity contribution in [2.75, 3.05) is 13.1 Å². The topological polar surface area (TPSA) is 117 Å². The van der Waals surface area contributed by atoms with Crippen molar-refractivity contribution in [3.05, 3.63) is 93.8 Å². The zero-order valence-electron chi connectivity index (χ0n) is 20.2. The van der Waals surface area contributed by atoms with Crippen molar-refractivity contribution in [3.8, 4) is 5.88 Å². The number of fused-ring (bicyclic) bond motifs is 1. The maximum absolute atomic E-state index is 14.0. The maximum atomic E-state index is 14.0. The van der Waals surface area contributed by atoms with Crippen LogP contribution in [0.5, 0.6) is 5.88 Å². The molecule has 4 heterocycles. The lowest BCUT2D eigenvalue weighted by atomic mass is 9.93. The van der Waals surface area contributed by atoms with Gasteiger partial charge in [-0.1, -0.05) is 23.7 Å². The summed E-state index contributed by atoms with van der Waals surface area (Å²) in [4.78, 5) is 34.5. The summed E-state index contributed by atoms with van der Waals surface area (Å²) in [7, 11) is 0. The van der Waals surface area contributed by atoms with Crippen LogP contribution >= 0.6 is 11.6 Å². The fourth-order valence-electron chi connectivity index (χ4n) is 4.68. The van der Waals surface area contributed by atoms with Crippen LogP contribution in [0.4, 0.5) is 4.39 Å². The average molecular weight is 539 g/mol. The molecule has 9 nitrogen and oxygen atoms in total. The molecule has 3 aromatic heterocycles. The Labute approximate surface area is 222 Å². The molecule has 5 rings (SSSR count). The molecule has 0 bridgehead atoms. The number of piperidine rings is 1. The standard InChI is InChI=1S/C27H24ClFN4O5/c28-19-6-4-18(20(29)12-19)15-38-24-3-1-2-21(31-24)16-8-10-32(11-9-16)14-22-25(27(36)37)33-13-17(26(34)35)5-7-23(33)30-22/h1-7,12-13,16H,8-11,14-15H2,(H,34,35)(H,36,37). The summed E-state index contributed by atoms with van der Waals surface area (Å²) < 4.78 is 21.1. The van der Waals surface area contributed by atoms with Crippen LogP contribution in [-0.4, -0.2) is 54.5 Å². The Bertz CT molecular complexity index is 1520. The minimum Gasteiger partial charge on any atom is -0.478 e. The third-order valence-electron chi connectivity index (χ3n) is 6.66. The number of hydrogen-bond donors (Lipinski definition) is 2. The normalized spacial score (nSPS) is 14.6. The number of pyridine rings is 2. The quantitative estimate of drug-likeness (QED) is 0.326. The first kappa shape index (κ1) is 25.6. The lowest BCUT2D eigenvalue weighted by Crippen LogP contribution is -2.33. The first-order chi connectivity index (χ1) is 18.3. The third kappa shape index (κ3) is 5.46. The lowest BCUT2D eigenvalue weighted by molar-refractivity contribution is 0.0675. The number of likely N-dealkylation sites (tertiary alicyclic amines) is 1. The molecule has 11 heteroatoms. The minimum atomic E-state index is -1.16. The van der Waals surface area contributed by atoms with E-state index in [4.69, 9.17) is 16.3 Å². The van der Waals surface area contributed by atoms with Crippen LogP contribution in [0.1, 0.15) is 56.6 Å². The molecule has 1 aromatic carbocycles. The third-order valence-corrected chi connectivity index (χ3v) is 6.89. The molecule has 0 atom stereocenters. The van der Waals surface area contributed by atoms with Crippen LogP contribution in [-0.2, 0) is 13.2 Å². The fraction of sp³-hybridized carbons (Fsp3) is 0.259. The molecule has 38 heavy (non-hydrogen) atoms. The molecule has 0 radical (unpaired) electrons. The number of imidazole rings is 1. The van der Waals surface area contributed by atoms with Crippen molar-refractivity contribution in [1.82, 2.24) is 19.3 Å². The summed E-state index contributed by atoms with van der Waals surface area (Å²) in [5.74, 6) is -2.12. The molecule has 2 N–H and O–H groups in total. The summed E-state index contributed by atoms with van der Waals surface area (Å²) in [5.41, 5.74) is 2.01. The highest BCUT2D eigenvalue weighted by atomic mass is 35.5. The molecule has 0 saturated carbocycles. The maximum Gasteiger partial charge on any atom is 0.354 e. The number of carboxylic acid groups (broad SMARTS) is 2. The van der Waals surface area contributed by atoms with Gasteiger partial charge in [0.1, 0.15) is 18.1 Å². The van der Waals surface area contributed by atoms with Crippen molar-refractivity contribution in [1.29, 1.82) is 0 Å². The van der Waals surface area contributed by atoms with Gasteiger partial charge in [-0.15, -0.1) is 0 Å². The second-order valence-corrected chi connectivity index (χ2v) is 9.58. The zero-order chi connectivity index (χ0) is 26.8. The van der Waals surface area contributed by atoms with E-state index in [1.165, 1.54) is 28.8 Å². The number of aromatic carboxylic acids is 2. The molecule has 0 amide bonds. The molecule has 4 aromatic rings. The molecule has 1 aliphatic rings. The number of carboxylic acids is 2. The zero-order valence-corrected chi connectivity index (χ0v) is 20.9. The minimum absolute atomic E-state index is 0.0122. The van der Waals surface area contributed by atoms with Gasteiger partial charge < -0.3 is 14.9 Å². The van der Waals surface area contributed by atoms with Gasteiger partial charge in [0.15, 0.2) is 5.69 Å². The van der Waals surface area contributed by atoms with E-state index in [1.807, 2.05) is 12.1 Å². The van der Waals surface area contributed by atoms with Gasteiger partial charge in [-0.3, -0.25) is 9.30 Å². The van der Waals surface area contributed by atoms with Gasteiger partial charge in [0, 0.05) is 41.0 Å². The van der Waals surface area contributed by atoms with Gasteiger partial charge in [0.2, 0.25) is 5.88 Å². The van der Waals surface area contributed by atoms with Crippen LogP contribution < -0.4 is 4.74 Å². The van der Waals surface area contributed by atoms with Gasteiger partial charge in [-0.05, 0) is 56.3 Å². The Morgan fingerprint density at radius 2 is 1.84 bits per heavy atom. The Morgan fingerprint density at radius 3 is 2.55 bits per heavy atom. The van der Waals surface area contributed by atoms with Crippen molar-refractivity contribution < 1.29 is 28.9 Å². The Morgan fingerprint density at radius 1 is 1.05 bits per heavy atom. The number of aromatic nitrogens is 3. The Hall–Kier alpha value is -4.02. The van der Waals surface area contributed by atoms with Crippen LogP contribution in [0.3, 0.4) is 0 Å². The predicted molar refractivity (Wildman–Crippen MR) is 136 cm³/mol. The van der Waals surface area contributed by atoms with E-state index in [2.05, 4.69) is 14.9 Å². The summed E-state index contributed by atoms with van der Waals surface area (Å²) in [6, 6.07) is 12.9. The van der Waals surface area contributed by atoms with Gasteiger partial charge >= 0.3 is 11.9 Å². The first-order valence-electron chi connectivity index (χ1n) is 12.0. The number of rotatable bonds is 8. The van der Waals surface area contributed by atoms with E-state index in [9.17, 15) is 24.2 Å². The monoisotopic (exact) mass is 538 g/mol. The number of hydrogen-bond acceptors (Lipinski definition) is 6. The Kier molecular flexibility index (Phi) is 7.26. The van der Waals surface area contributed by atoms with Crippen molar-refractivity contribution in [3.63, 3.8) is 0 Å². The average Bonchev–Trinajstić information content (AvgIpc) is 3.26. The first-order valence-corrected chi connectivity index (χ1v) is 12.4. The molecular formula is C27H24ClFN4O5. The van der Waals surface area contributed by atoms with Crippen molar-refractivity contribution in [2.24, 2.45) is 0 Å². The van der Waals surface area contributed by atoms with Gasteiger partial charge in [-0.2, -0.15) is 0 Å². The smallest absolute Gasteiger partial charge is 0.354 e. The van der Waals surface area contributed by atoms with E-state index < -0.39 is 17.8 Å². The van der Waals surface area contributed by atoms with Crippen molar-refractivity contribution in [2.45, 2.75) is 31.9 Å². The lowest BCUT2D eigenvalue weighted by Gasteiger charge is -2.31. The molecule has 1 saturated heterocycles. The van der Waals surface area contributed by atoms with Crippen LogP contribution in [0.25, 0.3) is 5.65 Å². The predicted octanol–water partition coefficient (Wildman–Crippen LogP) is 4.88. The van der Waals surface area contributed by atoms with E-state index in [0.717, 1.165) is 18.5 Å². The summed E-state index contributed by atoms with van der Waals surface area (Å²) in [5, 5.41) is 19.4. The van der Waals surface area contributed by atoms with Crippen LogP contribution in [0.15, 0.2) is 54.7 Å². The van der Waals surface area contributed by atoms with Gasteiger partial charge in [0.25, 0.3) is 0 Å². The number of nitrogens with zero attached hydrogens (tertiary/aromatic N) is 4. The van der Waals surface area contributed by atoms with E-state index >= 15 is 0 Å². The fourth-order valence-corrected chi connectivity index (χ4v) is 4.84. The highest BCUT2D eigenvalue weighted by Gasteiger charge is 2.26. The highest BCUT2D eigenvalue weighted by molar-refractivity contribution is 6.30. The van der Waals surface area contributed by atoms with E-state index in [0.29, 0.717) is 47.4 Å². The van der Waals surface area contributed by atoms with E-state index in [-0.39, 0.29) is 23.8 Å². The number of carbonyl (C=O) groups is 2. The largest absolute Gasteiger partial charge is 0.478 e. The molecule has 0 aliphatic carbocycles. The summed E-state index contributed by atoms with van der Waals surface area (Å²) in [6.07, 6.45) is 2.90. The number of benzene rings is 1. The second kappa shape index (κ2) is 10.8. The molecule has 1 fully saturated rings. The highest BCUT2D eigenvalue weighted by Crippen LogP contribution is 2.29. The molecule has 1 aliphatic heterocycles. The van der Waals surface area contributed by atoms with E-state index in [1.54, 1.807) is 18.2 Å². The summed E-state index contributed by atoms with van der Waals surface area (Å²) >= 11 is 5.81. The molecule has 0 unspecified atom stereocenters. The van der Waals surface area contributed by atoms with Crippen LogP contribution in [0, 0.1) is 5.82 Å². The molecular weight excluding hydrogens is 515 g/mol. The molecule has 196 valence electrons. The number of ether oxygens (including phenoxy) is 1. The van der Waals surface area contributed by atoms with Crippen LogP contribution in [0.2, 0.25) is 5.02 Å². The van der Waals surface area contributed by atoms with Crippen molar-refractivity contribution >= 4 is 29.2 Å². The second-order valence-electron chi connectivity index (χ2n) is 9.14. The van der Waals surface area contributed by atoms with Gasteiger partial charge in [-0.25, -0.2) is 23.9 Å². The number of halogens is 2. The summed E-state index contributed by atoms with van der Waals surface area (Å²) in [6.45, 7) is 1.79. The van der Waals surface area contributed by atoms with Gasteiger partial charge in [0.05, 0.1) is 11.3 Å². The Balaban J connectivity index is 1.23. The SMILES string of the molecule is O=C(O)c1ccc2nc(CN3CCC(c4cccc(OCc5ccc(Cl)cc5F)n4)CC3)c(C(=O)O)n2c1. The molecule has 0 spiro atoms.